The lowest BCUT2D eigenvalue weighted by molar-refractivity contribution is -0.136. The van der Waals surface area contributed by atoms with E-state index in [9.17, 15) is 4.79 Å². The van der Waals surface area contributed by atoms with E-state index in [1.807, 2.05) is 0 Å². The zero-order valence-corrected chi connectivity index (χ0v) is 8.96. The van der Waals surface area contributed by atoms with Crippen LogP contribution in [0.2, 0.25) is 0 Å². The van der Waals surface area contributed by atoms with E-state index in [-0.39, 0.29) is 5.91 Å². The van der Waals surface area contributed by atoms with Crippen LogP contribution in [0.1, 0.15) is 39.0 Å². The Labute approximate surface area is 85.8 Å². The van der Waals surface area contributed by atoms with Gasteiger partial charge >= 0.3 is 0 Å². The van der Waals surface area contributed by atoms with Gasteiger partial charge in [-0.05, 0) is 45.2 Å². The van der Waals surface area contributed by atoms with Crippen LogP contribution in [0.5, 0.6) is 0 Å². The van der Waals surface area contributed by atoms with Gasteiger partial charge in [0.25, 0.3) is 0 Å². The third-order valence-corrected chi connectivity index (χ3v) is 3.53. The minimum absolute atomic E-state index is 0.279. The van der Waals surface area contributed by atoms with Crippen LogP contribution in [0.15, 0.2) is 0 Å². The predicted octanol–water partition coefficient (Wildman–Crippen LogP) is 1.14. The normalized spacial score (nSPS) is 24.4. The van der Waals surface area contributed by atoms with Crippen LogP contribution in [0.3, 0.4) is 0 Å². The number of nitrogens with one attached hydrogen (secondary N) is 1. The molecule has 80 valence electrons. The maximum absolute atomic E-state index is 11.6. The zero-order valence-electron chi connectivity index (χ0n) is 8.96. The molecule has 0 unspecified atom stereocenters. The molecule has 0 aromatic carbocycles. The fourth-order valence-corrected chi connectivity index (χ4v) is 2.56. The number of hydrogen-bond donors (Lipinski definition) is 1. The summed E-state index contributed by atoms with van der Waals surface area (Å²) < 4.78 is 0. The Bertz CT molecular complexity index is 207. The highest BCUT2D eigenvalue weighted by atomic mass is 16.2. The van der Waals surface area contributed by atoms with E-state index < -0.39 is 0 Å². The van der Waals surface area contributed by atoms with Crippen molar-refractivity contribution >= 4 is 5.91 Å². The standard InChI is InChI=1S/C11H20N2O/c1-9(14)13(10-3-2-4-10)11-5-7-12-8-6-11/h10-12H,2-8H2,1H3. The van der Waals surface area contributed by atoms with Crippen molar-refractivity contribution in [3.8, 4) is 0 Å². The lowest BCUT2D eigenvalue weighted by Crippen LogP contribution is -2.52. The van der Waals surface area contributed by atoms with Gasteiger partial charge in [-0.1, -0.05) is 0 Å². The highest BCUT2D eigenvalue weighted by molar-refractivity contribution is 5.74. The van der Waals surface area contributed by atoms with Crippen molar-refractivity contribution in [3.05, 3.63) is 0 Å². The molecule has 1 amide bonds. The van der Waals surface area contributed by atoms with E-state index in [0.29, 0.717) is 12.1 Å². The van der Waals surface area contributed by atoms with E-state index in [1.165, 1.54) is 19.3 Å². The fraction of sp³-hybridized carbons (Fsp3) is 0.909. The molecule has 0 radical (unpaired) electrons. The molecular weight excluding hydrogens is 176 g/mol. The quantitative estimate of drug-likeness (QED) is 0.718. The van der Waals surface area contributed by atoms with Crippen molar-refractivity contribution in [2.45, 2.75) is 51.1 Å². The van der Waals surface area contributed by atoms with Crippen molar-refractivity contribution < 1.29 is 4.79 Å². The molecule has 2 fully saturated rings. The van der Waals surface area contributed by atoms with Crippen molar-refractivity contribution in [1.82, 2.24) is 10.2 Å². The van der Waals surface area contributed by atoms with Crippen molar-refractivity contribution in [2.24, 2.45) is 0 Å². The van der Waals surface area contributed by atoms with Crippen LogP contribution in [-0.4, -0.2) is 36.0 Å². The van der Waals surface area contributed by atoms with Crippen molar-refractivity contribution in [2.75, 3.05) is 13.1 Å². The van der Waals surface area contributed by atoms with E-state index in [4.69, 9.17) is 0 Å². The molecule has 0 bridgehead atoms. The molecule has 2 rings (SSSR count). The first-order chi connectivity index (χ1) is 6.79. The van der Waals surface area contributed by atoms with Gasteiger partial charge < -0.3 is 10.2 Å². The second-order valence-electron chi connectivity index (χ2n) is 4.49. The molecule has 1 saturated heterocycles. The Morgan fingerprint density at radius 3 is 2.14 bits per heavy atom. The minimum Gasteiger partial charge on any atom is -0.337 e. The summed E-state index contributed by atoms with van der Waals surface area (Å²) in [7, 11) is 0. The number of carbonyl (C=O) groups excluding carboxylic acids is 1. The summed E-state index contributed by atoms with van der Waals surface area (Å²) in [6.07, 6.45) is 6.03. The van der Waals surface area contributed by atoms with Gasteiger partial charge in [-0.2, -0.15) is 0 Å². The van der Waals surface area contributed by atoms with E-state index in [1.54, 1.807) is 6.92 Å². The Kier molecular flexibility index (Phi) is 3.06. The second kappa shape index (κ2) is 4.30. The first-order valence-corrected chi connectivity index (χ1v) is 5.78. The Morgan fingerprint density at radius 2 is 1.71 bits per heavy atom. The number of piperidine rings is 1. The Morgan fingerprint density at radius 1 is 1.14 bits per heavy atom. The molecule has 14 heavy (non-hydrogen) atoms. The molecule has 0 aromatic rings. The van der Waals surface area contributed by atoms with Gasteiger partial charge in [0.2, 0.25) is 5.91 Å². The minimum atomic E-state index is 0.279. The molecule has 3 heteroatoms. The summed E-state index contributed by atoms with van der Waals surface area (Å²) in [6.45, 7) is 3.86. The summed E-state index contributed by atoms with van der Waals surface area (Å²) in [6, 6.07) is 1.08. The lowest BCUT2D eigenvalue weighted by Gasteiger charge is -2.43. The van der Waals surface area contributed by atoms with Crippen LogP contribution >= 0.6 is 0 Å². The second-order valence-corrected chi connectivity index (χ2v) is 4.49. The highest BCUT2D eigenvalue weighted by Crippen LogP contribution is 2.28. The molecule has 1 aliphatic carbocycles. The van der Waals surface area contributed by atoms with E-state index in [0.717, 1.165) is 25.9 Å². The molecule has 1 heterocycles. The summed E-state index contributed by atoms with van der Waals surface area (Å²) in [5.74, 6) is 0.279. The number of rotatable bonds is 2. The first-order valence-electron chi connectivity index (χ1n) is 5.78. The molecule has 0 atom stereocenters. The molecule has 1 N–H and O–H groups in total. The van der Waals surface area contributed by atoms with Gasteiger partial charge in [0.05, 0.1) is 0 Å². The largest absolute Gasteiger partial charge is 0.337 e. The highest BCUT2D eigenvalue weighted by Gasteiger charge is 2.32. The first kappa shape index (κ1) is 9.97. The van der Waals surface area contributed by atoms with E-state index in [2.05, 4.69) is 10.2 Å². The molecule has 0 spiro atoms. The predicted molar refractivity (Wildman–Crippen MR) is 56.1 cm³/mol. The third kappa shape index (κ3) is 1.92. The molecule has 0 aromatic heterocycles. The average Bonchev–Trinajstić information content (AvgIpc) is 2.12. The van der Waals surface area contributed by atoms with Gasteiger partial charge in [0, 0.05) is 19.0 Å². The molecule has 1 saturated carbocycles. The number of nitrogens with zero attached hydrogens (tertiary/aromatic N) is 1. The van der Waals surface area contributed by atoms with Crippen LogP contribution in [-0.2, 0) is 4.79 Å². The van der Waals surface area contributed by atoms with Gasteiger partial charge in [0.15, 0.2) is 0 Å². The number of amides is 1. The van der Waals surface area contributed by atoms with E-state index >= 15 is 0 Å². The van der Waals surface area contributed by atoms with Crippen molar-refractivity contribution in [1.29, 1.82) is 0 Å². The molecule has 1 aliphatic heterocycles. The Hall–Kier alpha value is -0.570. The maximum atomic E-state index is 11.6. The lowest BCUT2D eigenvalue weighted by atomic mass is 9.88. The third-order valence-electron chi connectivity index (χ3n) is 3.53. The smallest absolute Gasteiger partial charge is 0.219 e. The SMILES string of the molecule is CC(=O)N(C1CCC1)C1CCNCC1. The fourth-order valence-electron chi connectivity index (χ4n) is 2.56. The van der Waals surface area contributed by atoms with Gasteiger partial charge in [-0.3, -0.25) is 4.79 Å². The molecular formula is C11H20N2O. The Balaban J connectivity index is 1.97. The molecule has 2 aliphatic rings. The number of hydrogen-bond acceptors (Lipinski definition) is 2. The summed E-state index contributed by atoms with van der Waals surface area (Å²) >= 11 is 0. The zero-order chi connectivity index (χ0) is 9.97. The van der Waals surface area contributed by atoms with Crippen LogP contribution in [0.4, 0.5) is 0 Å². The average molecular weight is 196 g/mol. The summed E-state index contributed by atoms with van der Waals surface area (Å²) in [5, 5.41) is 3.35. The summed E-state index contributed by atoms with van der Waals surface area (Å²) in [4.78, 5) is 13.7. The number of carbonyl (C=O) groups is 1. The maximum Gasteiger partial charge on any atom is 0.219 e. The van der Waals surface area contributed by atoms with Gasteiger partial charge in [-0.25, -0.2) is 0 Å². The van der Waals surface area contributed by atoms with Crippen LogP contribution in [0.25, 0.3) is 0 Å². The monoisotopic (exact) mass is 196 g/mol. The van der Waals surface area contributed by atoms with Crippen LogP contribution < -0.4 is 5.32 Å². The van der Waals surface area contributed by atoms with Crippen molar-refractivity contribution in [3.63, 3.8) is 0 Å². The molecule has 3 nitrogen and oxygen atoms in total. The topological polar surface area (TPSA) is 32.3 Å². The van der Waals surface area contributed by atoms with Gasteiger partial charge in [-0.15, -0.1) is 0 Å². The van der Waals surface area contributed by atoms with Crippen LogP contribution in [0, 0.1) is 0 Å². The summed E-state index contributed by atoms with van der Waals surface area (Å²) in [5.41, 5.74) is 0. The van der Waals surface area contributed by atoms with Gasteiger partial charge in [0.1, 0.15) is 0 Å².